The van der Waals surface area contributed by atoms with Crippen LogP contribution in [0.4, 0.5) is 0 Å². The predicted molar refractivity (Wildman–Crippen MR) is 91.2 cm³/mol. The third kappa shape index (κ3) is 7.06. The first kappa shape index (κ1) is 20.6. The summed E-state index contributed by atoms with van der Waals surface area (Å²) in [6.45, 7) is 11.9. The Bertz CT molecular complexity index is 374. The number of amides is 2. The lowest BCUT2D eigenvalue weighted by Gasteiger charge is -2.29. The maximum absolute atomic E-state index is 12.1. The standard InChI is InChI=1S/C15H26N4O2.ClH/c1-4-8-18(9-5-2)14(20)12-17(3)13-15(21)19-10-6-16-7-11-19;/h4-5,16H,1-2,6-13H2,3H3;1H. The summed E-state index contributed by atoms with van der Waals surface area (Å²) in [7, 11) is 1.79. The van der Waals surface area contributed by atoms with Crippen LogP contribution in [0.3, 0.4) is 0 Å². The summed E-state index contributed by atoms with van der Waals surface area (Å²) in [4.78, 5) is 29.5. The predicted octanol–water partition coefficient (Wildman–Crippen LogP) is -0.0276. The zero-order valence-electron chi connectivity index (χ0n) is 13.3. The molecule has 1 aliphatic rings. The van der Waals surface area contributed by atoms with E-state index in [2.05, 4.69) is 18.5 Å². The molecule has 1 aliphatic heterocycles. The molecule has 0 spiro atoms. The molecule has 1 N–H and O–H groups in total. The second kappa shape index (κ2) is 11.2. The van der Waals surface area contributed by atoms with Crippen LogP contribution in [-0.2, 0) is 9.59 Å². The van der Waals surface area contributed by atoms with Gasteiger partial charge in [0.1, 0.15) is 0 Å². The normalized spacial score (nSPS) is 14.2. The first-order chi connectivity index (χ1) is 10.1. The molecule has 0 radical (unpaired) electrons. The van der Waals surface area contributed by atoms with Gasteiger partial charge in [-0.1, -0.05) is 12.2 Å². The van der Waals surface area contributed by atoms with Crippen LogP contribution in [0.2, 0.25) is 0 Å². The summed E-state index contributed by atoms with van der Waals surface area (Å²) in [5.74, 6) is 0.0520. The second-order valence-corrected chi connectivity index (χ2v) is 5.18. The van der Waals surface area contributed by atoms with Crippen LogP contribution in [-0.4, -0.2) is 85.9 Å². The van der Waals surface area contributed by atoms with Gasteiger partial charge in [-0.05, 0) is 7.05 Å². The summed E-state index contributed by atoms with van der Waals surface area (Å²) >= 11 is 0. The molecule has 1 fully saturated rings. The first-order valence-electron chi connectivity index (χ1n) is 7.25. The van der Waals surface area contributed by atoms with Gasteiger partial charge in [-0.15, -0.1) is 25.6 Å². The molecule has 126 valence electrons. The van der Waals surface area contributed by atoms with Crippen molar-refractivity contribution >= 4 is 24.2 Å². The summed E-state index contributed by atoms with van der Waals surface area (Å²) in [5.41, 5.74) is 0. The molecule has 0 aromatic rings. The summed E-state index contributed by atoms with van der Waals surface area (Å²) in [6, 6.07) is 0. The fraction of sp³-hybridized carbons (Fsp3) is 0.600. The SMILES string of the molecule is C=CCN(CC=C)C(=O)CN(C)CC(=O)N1CCNCC1.Cl. The smallest absolute Gasteiger partial charge is 0.237 e. The number of halogens is 1. The molecule has 0 aliphatic carbocycles. The minimum Gasteiger partial charge on any atom is -0.339 e. The lowest BCUT2D eigenvalue weighted by molar-refractivity contribution is -0.135. The Morgan fingerprint density at radius 3 is 2.18 bits per heavy atom. The van der Waals surface area contributed by atoms with Crippen molar-refractivity contribution in [2.24, 2.45) is 0 Å². The minimum absolute atomic E-state index is 0. The van der Waals surface area contributed by atoms with Crippen LogP contribution in [0.5, 0.6) is 0 Å². The van der Waals surface area contributed by atoms with Gasteiger partial charge in [0.25, 0.3) is 0 Å². The highest BCUT2D eigenvalue weighted by molar-refractivity contribution is 5.85. The number of piperazine rings is 1. The van der Waals surface area contributed by atoms with E-state index < -0.39 is 0 Å². The van der Waals surface area contributed by atoms with Gasteiger partial charge in [0, 0.05) is 39.3 Å². The Morgan fingerprint density at radius 2 is 1.68 bits per heavy atom. The third-order valence-corrected chi connectivity index (χ3v) is 3.33. The van der Waals surface area contributed by atoms with Gasteiger partial charge < -0.3 is 15.1 Å². The first-order valence-corrected chi connectivity index (χ1v) is 7.25. The van der Waals surface area contributed by atoms with Crippen molar-refractivity contribution in [2.45, 2.75) is 0 Å². The minimum atomic E-state index is -0.0228. The molecule has 1 saturated heterocycles. The maximum Gasteiger partial charge on any atom is 0.237 e. The fourth-order valence-electron chi connectivity index (χ4n) is 2.22. The number of carbonyl (C=O) groups is 2. The fourth-order valence-corrected chi connectivity index (χ4v) is 2.22. The number of nitrogens with one attached hydrogen (secondary N) is 1. The van der Waals surface area contributed by atoms with E-state index >= 15 is 0 Å². The lowest BCUT2D eigenvalue weighted by Crippen LogP contribution is -2.50. The molecule has 0 bridgehead atoms. The molecule has 6 nitrogen and oxygen atoms in total. The molecule has 0 aromatic carbocycles. The number of carbonyl (C=O) groups excluding carboxylic acids is 2. The van der Waals surface area contributed by atoms with Gasteiger partial charge in [-0.3, -0.25) is 14.5 Å². The summed E-state index contributed by atoms with van der Waals surface area (Å²) in [5, 5.41) is 3.21. The van der Waals surface area contributed by atoms with Crippen molar-refractivity contribution in [2.75, 3.05) is 59.4 Å². The summed E-state index contributed by atoms with van der Waals surface area (Å²) in [6.07, 6.45) is 3.38. The van der Waals surface area contributed by atoms with Crippen LogP contribution in [0.1, 0.15) is 0 Å². The Balaban J connectivity index is 0.00000441. The topological polar surface area (TPSA) is 55.9 Å². The largest absolute Gasteiger partial charge is 0.339 e. The second-order valence-electron chi connectivity index (χ2n) is 5.18. The van der Waals surface area contributed by atoms with Crippen molar-refractivity contribution in [3.8, 4) is 0 Å². The zero-order chi connectivity index (χ0) is 15.7. The zero-order valence-corrected chi connectivity index (χ0v) is 14.1. The molecule has 0 unspecified atom stereocenters. The molecule has 0 atom stereocenters. The number of hydrogen-bond donors (Lipinski definition) is 1. The van der Waals surface area contributed by atoms with Crippen molar-refractivity contribution in [3.05, 3.63) is 25.3 Å². The molecule has 0 saturated carbocycles. The Hall–Kier alpha value is -1.37. The van der Waals surface area contributed by atoms with Crippen molar-refractivity contribution < 1.29 is 9.59 Å². The average molecular weight is 331 g/mol. The van der Waals surface area contributed by atoms with Gasteiger partial charge in [-0.25, -0.2) is 0 Å². The average Bonchev–Trinajstić information content (AvgIpc) is 2.47. The van der Waals surface area contributed by atoms with E-state index in [4.69, 9.17) is 0 Å². The highest BCUT2D eigenvalue weighted by atomic mass is 35.5. The number of likely N-dealkylation sites (N-methyl/N-ethyl adjacent to an activating group) is 1. The van der Waals surface area contributed by atoms with E-state index in [0.29, 0.717) is 13.1 Å². The van der Waals surface area contributed by atoms with Crippen LogP contribution >= 0.6 is 12.4 Å². The van der Waals surface area contributed by atoms with E-state index in [9.17, 15) is 9.59 Å². The van der Waals surface area contributed by atoms with Crippen LogP contribution < -0.4 is 5.32 Å². The quantitative estimate of drug-likeness (QED) is 0.635. The van der Waals surface area contributed by atoms with Crippen LogP contribution in [0.25, 0.3) is 0 Å². The van der Waals surface area contributed by atoms with Gasteiger partial charge in [0.15, 0.2) is 0 Å². The third-order valence-electron chi connectivity index (χ3n) is 3.33. The molecule has 0 aromatic heterocycles. The van der Waals surface area contributed by atoms with Gasteiger partial charge in [-0.2, -0.15) is 0 Å². The number of hydrogen-bond acceptors (Lipinski definition) is 4. The molecule has 1 heterocycles. The monoisotopic (exact) mass is 330 g/mol. The molecule has 1 rings (SSSR count). The van der Waals surface area contributed by atoms with E-state index in [0.717, 1.165) is 26.2 Å². The molecule has 7 heteroatoms. The van der Waals surface area contributed by atoms with E-state index in [-0.39, 0.29) is 37.3 Å². The Kier molecular flexibility index (Phi) is 10.5. The van der Waals surface area contributed by atoms with E-state index in [1.54, 1.807) is 29.0 Å². The van der Waals surface area contributed by atoms with Crippen molar-refractivity contribution in [1.82, 2.24) is 20.0 Å². The molecular weight excluding hydrogens is 304 g/mol. The number of nitrogens with zero attached hydrogens (tertiary/aromatic N) is 3. The van der Waals surface area contributed by atoms with Gasteiger partial charge >= 0.3 is 0 Å². The lowest BCUT2D eigenvalue weighted by atomic mass is 10.3. The highest BCUT2D eigenvalue weighted by Gasteiger charge is 2.20. The van der Waals surface area contributed by atoms with Gasteiger partial charge in [0.05, 0.1) is 13.1 Å². The molecular formula is C15H27ClN4O2. The maximum atomic E-state index is 12.1. The molecule has 2 amide bonds. The van der Waals surface area contributed by atoms with Gasteiger partial charge in [0.2, 0.25) is 11.8 Å². The summed E-state index contributed by atoms with van der Waals surface area (Å²) < 4.78 is 0. The van der Waals surface area contributed by atoms with E-state index in [1.807, 2.05) is 4.90 Å². The van der Waals surface area contributed by atoms with Crippen LogP contribution in [0, 0.1) is 0 Å². The Morgan fingerprint density at radius 1 is 1.14 bits per heavy atom. The Labute approximate surface area is 139 Å². The van der Waals surface area contributed by atoms with Crippen LogP contribution in [0.15, 0.2) is 25.3 Å². The van der Waals surface area contributed by atoms with Crippen molar-refractivity contribution in [3.63, 3.8) is 0 Å². The highest BCUT2D eigenvalue weighted by Crippen LogP contribution is 1.98. The van der Waals surface area contributed by atoms with Crippen molar-refractivity contribution in [1.29, 1.82) is 0 Å². The number of rotatable bonds is 8. The molecule has 22 heavy (non-hydrogen) atoms. The van der Waals surface area contributed by atoms with E-state index in [1.165, 1.54) is 0 Å².